The van der Waals surface area contributed by atoms with Crippen LogP contribution in [0.3, 0.4) is 0 Å². The largest absolute Gasteiger partial charge is 0.383 e. The maximum absolute atomic E-state index is 12.2. The number of carbonyl (C=O) groups excluding carboxylic acids is 2. The third-order valence-electron chi connectivity index (χ3n) is 4.78. The molecule has 21 heavy (non-hydrogen) atoms. The van der Waals surface area contributed by atoms with Crippen molar-refractivity contribution in [2.75, 3.05) is 20.3 Å². The summed E-state index contributed by atoms with van der Waals surface area (Å²) in [6.45, 7) is 1.11. The number of rotatable bonds is 6. The molecular weight excluding hydrogens is 268 g/mol. The van der Waals surface area contributed by atoms with Crippen LogP contribution in [0.2, 0.25) is 0 Å². The zero-order chi connectivity index (χ0) is 15.1. The molecule has 2 amide bonds. The SMILES string of the molecule is COCCNC(=O)C1CCC(C(=O)NC2CCCC2)CC1. The molecule has 0 aliphatic heterocycles. The molecule has 2 fully saturated rings. The van der Waals surface area contributed by atoms with Crippen LogP contribution >= 0.6 is 0 Å². The Bertz CT molecular complexity index is 345. The summed E-state index contributed by atoms with van der Waals surface area (Å²) in [6, 6.07) is 0.396. The van der Waals surface area contributed by atoms with Gasteiger partial charge in [0.2, 0.25) is 11.8 Å². The molecule has 0 unspecified atom stereocenters. The van der Waals surface area contributed by atoms with Crippen molar-refractivity contribution in [2.24, 2.45) is 11.8 Å². The minimum atomic E-state index is 0.0670. The van der Waals surface area contributed by atoms with Gasteiger partial charge in [-0.3, -0.25) is 9.59 Å². The fourth-order valence-electron chi connectivity index (χ4n) is 3.43. The molecule has 120 valence electrons. The zero-order valence-electron chi connectivity index (χ0n) is 13.0. The normalized spacial score (nSPS) is 26.5. The van der Waals surface area contributed by atoms with Crippen LogP contribution in [0, 0.1) is 11.8 Å². The number of methoxy groups -OCH3 is 1. The van der Waals surface area contributed by atoms with Gasteiger partial charge in [-0.15, -0.1) is 0 Å². The highest BCUT2D eigenvalue weighted by Crippen LogP contribution is 2.29. The van der Waals surface area contributed by atoms with Crippen molar-refractivity contribution >= 4 is 11.8 Å². The zero-order valence-corrected chi connectivity index (χ0v) is 13.0. The molecular formula is C16H28N2O3. The van der Waals surface area contributed by atoms with Crippen molar-refractivity contribution in [2.45, 2.75) is 57.4 Å². The van der Waals surface area contributed by atoms with Crippen LogP contribution in [0.15, 0.2) is 0 Å². The number of ether oxygens (including phenoxy) is 1. The predicted octanol–water partition coefficient (Wildman–Crippen LogP) is 1.61. The minimum Gasteiger partial charge on any atom is -0.383 e. The van der Waals surface area contributed by atoms with Gasteiger partial charge in [0.1, 0.15) is 0 Å². The van der Waals surface area contributed by atoms with Crippen molar-refractivity contribution in [1.29, 1.82) is 0 Å². The highest BCUT2D eigenvalue weighted by Gasteiger charge is 2.30. The molecule has 0 aromatic rings. The van der Waals surface area contributed by atoms with E-state index in [1.54, 1.807) is 7.11 Å². The Hall–Kier alpha value is -1.10. The van der Waals surface area contributed by atoms with Crippen LogP contribution in [-0.2, 0) is 14.3 Å². The molecule has 2 rings (SSSR count). The number of amides is 2. The van der Waals surface area contributed by atoms with Gasteiger partial charge >= 0.3 is 0 Å². The summed E-state index contributed by atoms with van der Waals surface area (Å²) < 4.78 is 4.92. The Morgan fingerprint density at radius 3 is 2.10 bits per heavy atom. The van der Waals surface area contributed by atoms with Crippen molar-refractivity contribution in [3.63, 3.8) is 0 Å². The second-order valence-corrected chi connectivity index (χ2v) is 6.32. The van der Waals surface area contributed by atoms with Crippen molar-refractivity contribution in [1.82, 2.24) is 10.6 Å². The van der Waals surface area contributed by atoms with E-state index >= 15 is 0 Å². The highest BCUT2D eigenvalue weighted by molar-refractivity contribution is 5.81. The van der Waals surface area contributed by atoms with Gasteiger partial charge in [0, 0.05) is 31.5 Å². The standard InChI is InChI=1S/C16H28N2O3/c1-21-11-10-17-15(19)12-6-8-13(9-7-12)16(20)18-14-4-2-3-5-14/h12-14H,2-11H2,1H3,(H,17,19)(H,18,20). The third kappa shape index (κ3) is 4.99. The summed E-state index contributed by atoms with van der Waals surface area (Å²) in [4.78, 5) is 24.2. The molecule has 0 atom stereocenters. The quantitative estimate of drug-likeness (QED) is 0.732. The lowest BCUT2D eigenvalue weighted by molar-refractivity contribution is -0.131. The van der Waals surface area contributed by atoms with Gasteiger partial charge in [0.05, 0.1) is 6.61 Å². The van der Waals surface area contributed by atoms with Crippen molar-refractivity contribution in [3.05, 3.63) is 0 Å². The topological polar surface area (TPSA) is 67.4 Å². The van der Waals surface area contributed by atoms with Gasteiger partial charge in [0.15, 0.2) is 0 Å². The number of nitrogens with one attached hydrogen (secondary N) is 2. The van der Waals surface area contributed by atoms with E-state index in [1.165, 1.54) is 12.8 Å². The molecule has 5 nitrogen and oxygen atoms in total. The minimum absolute atomic E-state index is 0.0670. The molecule has 0 saturated heterocycles. The fraction of sp³-hybridized carbons (Fsp3) is 0.875. The van der Waals surface area contributed by atoms with Gasteiger partial charge < -0.3 is 15.4 Å². The van der Waals surface area contributed by atoms with E-state index in [1.807, 2.05) is 0 Å². The Labute approximate surface area is 127 Å². The molecule has 0 bridgehead atoms. The molecule has 0 aromatic heterocycles. The summed E-state index contributed by atoms with van der Waals surface area (Å²) in [5, 5.41) is 6.07. The summed E-state index contributed by atoms with van der Waals surface area (Å²) >= 11 is 0. The van der Waals surface area contributed by atoms with E-state index in [9.17, 15) is 9.59 Å². The third-order valence-corrected chi connectivity index (χ3v) is 4.78. The molecule has 2 aliphatic rings. The van der Waals surface area contributed by atoms with Crippen LogP contribution in [-0.4, -0.2) is 38.1 Å². The Balaban J connectivity index is 1.67. The average Bonchev–Trinajstić information content (AvgIpc) is 3.00. The molecule has 0 aromatic carbocycles. The lowest BCUT2D eigenvalue weighted by Crippen LogP contribution is -2.41. The lowest BCUT2D eigenvalue weighted by Gasteiger charge is -2.28. The smallest absolute Gasteiger partial charge is 0.223 e. The molecule has 2 N–H and O–H groups in total. The molecule has 0 radical (unpaired) electrons. The monoisotopic (exact) mass is 296 g/mol. The maximum Gasteiger partial charge on any atom is 0.223 e. The summed E-state index contributed by atoms with van der Waals surface area (Å²) in [6.07, 6.45) is 8.04. The predicted molar refractivity (Wildman–Crippen MR) is 80.7 cm³/mol. The molecule has 2 aliphatic carbocycles. The first-order valence-corrected chi connectivity index (χ1v) is 8.27. The first-order chi connectivity index (χ1) is 10.2. The van der Waals surface area contributed by atoms with E-state index in [0.29, 0.717) is 19.2 Å². The van der Waals surface area contributed by atoms with E-state index in [4.69, 9.17) is 4.74 Å². The number of hydrogen-bond acceptors (Lipinski definition) is 3. The maximum atomic E-state index is 12.2. The van der Waals surface area contributed by atoms with E-state index in [2.05, 4.69) is 10.6 Å². The van der Waals surface area contributed by atoms with E-state index < -0.39 is 0 Å². The van der Waals surface area contributed by atoms with Gasteiger partial charge in [-0.1, -0.05) is 12.8 Å². The Morgan fingerprint density at radius 2 is 1.52 bits per heavy atom. The Morgan fingerprint density at radius 1 is 0.952 bits per heavy atom. The molecule has 0 heterocycles. The lowest BCUT2D eigenvalue weighted by atomic mass is 9.81. The fourth-order valence-corrected chi connectivity index (χ4v) is 3.43. The molecule has 2 saturated carbocycles. The second kappa shape index (κ2) is 8.37. The Kier molecular flexibility index (Phi) is 6.49. The van der Waals surface area contributed by atoms with Crippen molar-refractivity contribution in [3.8, 4) is 0 Å². The van der Waals surface area contributed by atoms with Crippen LogP contribution in [0.5, 0.6) is 0 Å². The molecule has 0 spiro atoms. The first kappa shape index (κ1) is 16.3. The first-order valence-electron chi connectivity index (χ1n) is 8.27. The van der Waals surface area contributed by atoms with Crippen LogP contribution < -0.4 is 10.6 Å². The van der Waals surface area contributed by atoms with E-state index in [-0.39, 0.29) is 23.7 Å². The summed E-state index contributed by atoms with van der Waals surface area (Å²) in [5.74, 6) is 0.493. The summed E-state index contributed by atoms with van der Waals surface area (Å²) in [5.41, 5.74) is 0. The van der Waals surface area contributed by atoms with Crippen LogP contribution in [0.4, 0.5) is 0 Å². The van der Waals surface area contributed by atoms with Crippen LogP contribution in [0.25, 0.3) is 0 Å². The number of carbonyl (C=O) groups is 2. The van der Waals surface area contributed by atoms with Gasteiger partial charge in [-0.05, 0) is 38.5 Å². The highest BCUT2D eigenvalue weighted by atomic mass is 16.5. The van der Waals surface area contributed by atoms with E-state index in [0.717, 1.165) is 38.5 Å². The molecule has 5 heteroatoms. The second-order valence-electron chi connectivity index (χ2n) is 6.32. The average molecular weight is 296 g/mol. The van der Waals surface area contributed by atoms with Gasteiger partial charge in [-0.2, -0.15) is 0 Å². The van der Waals surface area contributed by atoms with Gasteiger partial charge in [0.25, 0.3) is 0 Å². The van der Waals surface area contributed by atoms with Crippen LogP contribution in [0.1, 0.15) is 51.4 Å². The van der Waals surface area contributed by atoms with Crippen molar-refractivity contribution < 1.29 is 14.3 Å². The van der Waals surface area contributed by atoms with Gasteiger partial charge in [-0.25, -0.2) is 0 Å². The summed E-state index contributed by atoms with van der Waals surface area (Å²) in [7, 11) is 1.63. The number of hydrogen-bond donors (Lipinski definition) is 2.